The second-order valence-electron chi connectivity index (χ2n) is 6.13. The van der Waals surface area contributed by atoms with E-state index < -0.39 is 0 Å². The van der Waals surface area contributed by atoms with Gasteiger partial charge in [0.05, 0.1) is 25.1 Å². The molecule has 0 saturated carbocycles. The maximum Gasteiger partial charge on any atom is 0.228 e. The van der Waals surface area contributed by atoms with Gasteiger partial charge in [0.1, 0.15) is 0 Å². The summed E-state index contributed by atoms with van der Waals surface area (Å²) in [7, 11) is 1.64. The van der Waals surface area contributed by atoms with Crippen LogP contribution in [-0.4, -0.2) is 65.5 Å². The van der Waals surface area contributed by atoms with Gasteiger partial charge < -0.3 is 14.5 Å². The molecule has 0 unspecified atom stereocenters. The van der Waals surface area contributed by atoms with Crippen LogP contribution in [0.4, 0.5) is 0 Å². The summed E-state index contributed by atoms with van der Waals surface area (Å²) in [5, 5.41) is 0. The smallest absolute Gasteiger partial charge is 0.228 e. The summed E-state index contributed by atoms with van der Waals surface area (Å²) in [5.74, 6) is 0.291. The van der Waals surface area contributed by atoms with Gasteiger partial charge in [-0.1, -0.05) is 6.07 Å². The van der Waals surface area contributed by atoms with Gasteiger partial charge in [0.2, 0.25) is 11.8 Å². The molecule has 0 radical (unpaired) electrons. The average molecular weight is 317 g/mol. The third kappa shape index (κ3) is 3.37. The Kier molecular flexibility index (Phi) is 4.91. The van der Waals surface area contributed by atoms with Gasteiger partial charge >= 0.3 is 0 Å². The molecule has 0 N–H and O–H groups in total. The second kappa shape index (κ2) is 7.08. The Morgan fingerprint density at radius 1 is 1.35 bits per heavy atom. The predicted octanol–water partition coefficient (Wildman–Crippen LogP) is 0.862. The predicted molar refractivity (Wildman–Crippen MR) is 84.7 cm³/mol. The summed E-state index contributed by atoms with van der Waals surface area (Å²) in [6.07, 6.45) is 4.17. The number of carbonyl (C=O) groups is 2. The van der Waals surface area contributed by atoms with Gasteiger partial charge in [0.25, 0.3) is 0 Å². The second-order valence-corrected chi connectivity index (χ2v) is 6.13. The molecule has 2 aliphatic heterocycles. The Balaban J connectivity index is 1.67. The van der Waals surface area contributed by atoms with Crippen LogP contribution >= 0.6 is 0 Å². The van der Waals surface area contributed by atoms with Crippen LogP contribution in [0.1, 0.15) is 25.0 Å². The van der Waals surface area contributed by atoms with Gasteiger partial charge in [-0.15, -0.1) is 0 Å². The molecule has 2 fully saturated rings. The lowest BCUT2D eigenvalue weighted by molar-refractivity contribution is -0.142. The molecule has 124 valence electrons. The van der Waals surface area contributed by atoms with Gasteiger partial charge in [-0.3, -0.25) is 14.6 Å². The number of rotatable bonds is 5. The van der Waals surface area contributed by atoms with Gasteiger partial charge in [0.15, 0.2) is 0 Å². The van der Waals surface area contributed by atoms with Crippen LogP contribution in [0, 0.1) is 0 Å². The zero-order valence-corrected chi connectivity index (χ0v) is 13.5. The third-order valence-corrected chi connectivity index (χ3v) is 4.80. The molecule has 23 heavy (non-hydrogen) atoms. The summed E-state index contributed by atoms with van der Waals surface area (Å²) in [6, 6.07) is 5.90. The minimum Gasteiger partial charge on any atom is -0.383 e. The molecule has 0 bridgehead atoms. The highest BCUT2D eigenvalue weighted by atomic mass is 16.5. The number of nitrogens with zero attached hydrogens (tertiary/aromatic N) is 3. The Bertz CT molecular complexity index is 563. The standard InChI is InChI=1S/C17H23N3O3/c1-23-11-10-20-15-7-9-19(14(15)5-6-16(20)21)17(22)12-13-4-2-3-8-18-13/h2-4,8,14-15H,5-7,9-12H2,1H3/t14-,15-/m1/s1. The highest BCUT2D eigenvalue weighted by Gasteiger charge is 2.44. The number of hydrogen-bond donors (Lipinski definition) is 0. The van der Waals surface area contributed by atoms with Gasteiger partial charge in [-0.25, -0.2) is 0 Å². The SMILES string of the molecule is COCCN1C(=O)CC[C@@H]2[C@H]1CCN2C(=O)Cc1ccccn1. The highest BCUT2D eigenvalue weighted by Crippen LogP contribution is 2.31. The zero-order chi connectivity index (χ0) is 16.2. The quantitative estimate of drug-likeness (QED) is 0.808. The van der Waals surface area contributed by atoms with Crippen molar-refractivity contribution in [3.63, 3.8) is 0 Å². The van der Waals surface area contributed by atoms with Crippen LogP contribution in [0.15, 0.2) is 24.4 Å². The number of aromatic nitrogens is 1. The summed E-state index contributed by atoms with van der Waals surface area (Å²) in [5.41, 5.74) is 0.795. The van der Waals surface area contributed by atoms with E-state index in [0.29, 0.717) is 26.0 Å². The van der Waals surface area contributed by atoms with Crippen LogP contribution in [0.3, 0.4) is 0 Å². The fourth-order valence-electron chi connectivity index (χ4n) is 3.70. The number of hydrogen-bond acceptors (Lipinski definition) is 4. The molecule has 1 aromatic rings. The monoisotopic (exact) mass is 317 g/mol. The van der Waals surface area contributed by atoms with Gasteiger partial charge in [0, 0.05) is 38.5 Å². The summed E-state index contributed by atoms with van der Waals surface area (Å²) >= 11 is 0. The van der Waals surface area contributed by atoms with E-state index >= 15 is 0 Å². The van der Waals surface area contributed by atoms with E-state index in [2.05, 4.69) is 4.98 Å². The summed E-state index contributed by atoms with van der Waals surface area (Å²) < 4.78 is 5.11. The van der Waals surface area contributed by atoms with Crippen molar-refractivity contribution < 1.29 is 14.3 Å². The molecule has 2 saturated heterocycles. The van der Waals surface area contributed by atoms with E-state index in [-0.39, 0.29) is 23.9 Å². The molecule has 0 aliphatic carbocycles. The molecule has 2 aliphatic rings. The Labute approximate surface area is 136 Å². The normalized spacial score (nSPS) is 24.0. The van der Waals surface area contributed by atoms with Gasteiger partial charge in [-0.2, -0.15) is 0 Å². The van der Waals surface area contributed by atoms with Crippen molar-refractivity contribution >= 4 is 11.8 Å². The van der Waals surface area contributed by atoms with Crippen molar-refractivity contribution in [3.8, 4) is 0 Å². The number of likely N-dealkylation sites (tertiary alicyclic amines) is 2. The molecule has 2 amide bonds. The van der Waals surface area contributed by atoms with Gasteiger partial charge in [-0.05, 0) is 25.0 Å². The molecule has 1 aromatic heterocycles. The topological polar surface area (TPSA) is 62.7 Å². The largest absolute Gasteiger partial charge is 0.383 e. The number of pyridine rings is 1. The van der Waals surface area contributed by atoms with E-state index in [4.69, 9.17) is 4.74 Å². The number of ether oxygens (including phenoxy) is 1. The first-order valence-corrected chi connectivity index (χ1v) is 8.18. The fourth-order valence-corrected chi connectivity index (χ4v) is 3.70. The molecule has 6 nitrogen and oxygen atoms in total. The molecule has 2 atom stereocenters. The Morgan fingerprint density at radius 2 is 2.22 bits per heavy atom. The molecule has 3 heterocycles. The lowest BCUT2D eigenvalue weighted by atomic mass is 9.96. The fraction of sp³-hybridized carbons (Fsp3) is 0.588. The Hall–Kier alpha value is -1.95. The lowest BCUT2D eigenvalue weighted by Crippen LogP contribution is -2.54. The summed E-state index contributed by atoms with van der Waals surface area (Å²) in [6.45, 7) is 1.87. The van der Waals surface area contributed by atoms with E-state index in [1.807, 2.05) is 28.0 Å². The number of carbonyl (C=O) groups excluding carboxylic acids is 2. The van der Waals surface area contributed by atoms with E-state index in [0.717, 1.165) is 25.1 Å². The van der Waals surface area contributed by atoms with Crippen LogP contribution < -0.4 is 0 Å². The maximum atomic E-state index is 12.6. The lowest BCUT2D eigenvalue weighted by Gasteiger charge is -2.39. The first-order valence-electron chi connectivity index (χ1n) is 8.18. The average Bonchev–Trinajstić information content (AvgIpc) is 2.99. The molecule has 6 heteroatoms. The van der Waals surface area contributed by atoms with Crippen molar-refractivity contribution in [3.05, 3.63) is 30.1 Å². The molecule has 0 aromatic carbocycles. The van der Waals surface area contributed by atoms with Crippen molar-refractivity contribution in [2.75, 3.05) is 26.8 Å². The minimum atomic E-state index is 0.109. The van der Waals surface area contributed by atoms with Crippen molar-refractivity contribution in [1.82, 2.24) is 14.8 Å². The Morgan fingerprint density at radius 3 is 2.96 bits per heavy atom. The minimum absolute atomic E-state index is 0.109. The molecule has 3 rings (SSSR count). The van der Waals surface area contributed by atoms with Crippen LogP contribution in [0.5, 0.6) is 0 Å². The van der Waals surface area contributed by atoms with Crippen LogP contribution in [0.2, 0.25) is 0 Å². The van der Waals surface area contributed by atoms with E-state index in [9.17, 15) is 9.59 Å². The number of piperidine rings is 1. The zero-order valence-electron chi connectivity index (χ0n) is 13.5. The van der Waals surface area contributed by atoms with E-state index in [1.165, 1.54) is 0 Å². The third-order valence-electron chi connectivity index (χ3n) is 4.80. The maximum absolute atomic E-state index is 12.6. The molecule has 0 spiro atoms. The number of fused-ring (bicyclic) bond motifs is 1. The van der Waals surface area contributed by atoms with Crippen molar-refractivity contribution in [2.45, 2.75) is 37.8 Å². The first-order chi connectivity index (χ1) is 11.2. The summed E-state index contributed by atoms with van der Waals surface area (Å²) in [4.78, 5) is 32.9. The molecular formula is C17H23N3O3. The van der Waals surface area contributed by atoms with Crippen molar-refractivity contribution in [2.24, 2.45) is 0 Å². The molecular weight excluding hydrogens is 294 g/mol. The van der Waals surface area contributed by atoms with Crippen molar-refractivity contribution in [1.29, 1.82) is 0 Å². The van der Waals surface area contributed by atoms with Crippen LogP contribution in [0.25, 0.3) is 0 Å². The highest BCUT2D eigenvalue weighted by molar-refractivity contribution is 5.81. The number of amides is 2. The first kappa shape index (κ1) is 15.9. The van der Waals surface area contributed by atoms with E-state index in [1.54, 1.807) is 13.3 Å². The van der Waals surface area contributed by atoms with Crippen LogP contribution in [-0.2, 0) is 20.7 Å². The number of methoxy groups -OCH3 is 1.